The Morgan fingerprint density at radius 2 is 1.90 bits per heavy atom. The smallest absolute Gasteiger partial charge is 0.194 e. The van der Waals surface area contributed by atoms with Crippen LogP contribution in [0.4, 0.5) is 0 Å². The molecule has 0 saturated carbocycles. The number of benzene rings is 1. The van der Waals surface area contributed by atoms with Crippen molar-refractivity contribution in [3.05, 3.63) is 60.2 Å². The van der Waals surface area contributed by atoms with Crippen LogP contribution in [-0.2, 0) is 6.54 Å². The molecule has 1 aromatic heterocycles. The number of rotatable bonds is 9. The molecule has 7 heteroatoms. The predicted molar refractivity (Wildman–Crippen MR) is 141 cm³/mol. The van der Waals surface area contributed by atoms with Gasteiger partial charge in [-0.15, -0.1) is 24.0 Å². The van der Waals surface area contributed by atoms with Gasteiger partial charge in [-0.05, 0) is 32.3 Å². The lowest BCUT2D eigenvalue weighted by molar-refractivity contribution is 0.194. The summed E-state index contributed by atoms with van der Waals surface area (Å²) in [5, 5.41) is 3.47. The van der Waals surface area contributed by atoms with Gasteiger partial charge in [0.15, 0.2) is 5.96 Å². The molecule has 6 nitrogen and oxygen atoms in total. The second-order valence-electron chi connectivity index (χ2n) is 7.71. The molecule has 2 heterocycles. The number of aryl methyl sites for hydroxylation is 2. The van der Waals surface area contributed by atoms with Crippen molar-refractivity contribution in [1.82, 2.24) is 24.7 Å². The summed E-state index contributed by atoms with van der Waals surface area (Å²) in [5.41, 5.74) is 1.26. The number of aliphatic imine (C=N–C) groups is 1. The van der Waals surface area contributed by atoms with Crippen molar-refractivity contribution in [1.29, 1.82) is 0 Å². The Labute approximate surface area is 204 Å². The van der Waals surface area contributed by atoms with Crippen LogP contribution in [0.5, 0.6) is 0 Å². The van der Waals surface area contributed by atoms with Gasteiger partial charge < -0.3 is 14.8 Å². The number of hydrogen-bond donors (Lipinski definition) is 1. The van der Waals surface area contributed by atoms with Crippen molar-refractivity contribution in [3.63, 3.8) is 0 Å². The number of imidazole rings is 1. The fourth-order valence-electron chi connectivity index (χ4n) is 3.69. The van der Waals surface area contributed by atoms with Crippen LogP contribution in [0.3, 0.4) is 0 Å². The molecule has 0 radical (unpaired) electrons. The first-order valence-corrected chi connectivity index (χ1v) is 11.2. The van der Waals surface area contributed by atoms with Gasteiger partial charge in [0.1, 0.15) is 5.82 Å². The standard InChI is InChI=1S/C24H36N6.HI/c1-3-25-24(27-13-7-8-16-29-17-14-26-22(29)2)30-20-18-28(19-21-30)15-9-12-23-10-5-4-6-11-23;/h4-6,9-12,14,17H,3,7-8,13,15-16,18-21H2,1-2H3,(H,25,27);1H/b12-9+;. The number of aromatic nitrogens is 2. The van der Waals surface area contributed by atoms with Gasteiger partial charge in [-0.3, -0.25) is 9.89 Å². The van der Waals surface area contributed by atoms with E-state index in [0.29, 0.717) is 0 Å². The Morgan fingerprint density at radius 1 is 1.13 bits per heavy atom. The number of hydrogen-bond acceptors (Lipinski definition) is 3. The zero-order valence-electron chi connectivity index (χ0n) is 18.9. The van der Waals surface area contributed by atoms with Crippen molar-refractivity contribution in [2.45, 2.75) is 33.2 Å². The fourth-order valence-corrected chi connectivity index (χ4v) is 3.69. The SMILES string of the molecule is CCNC(=NCCCCn1ccnc1C)N1CCN(C/C=C/c2ccccc2)CC1.I. The quantitative estimate of drug-likeness (QED) is 0.229. The van der Waals surface area contributed by atoms with Crippen LogP contribution in [0.1, 0.15) is 31.2 Å². The molecular weight excluding hydrogens is 499 g/mol. The van der Waals surface area contributed by atoms with E-state index >= 15 is 0 Å². The van der Waals surface area contributed by atoms with Gasteiger partial charge in [0.2, 0.25) is 0 Å². The van der Waals surface area contributed by atoms with Crippen LogP contribution < -0.4 is 5.32 Å². The average molecular weight is 537 g/mol. The second-order valence-corrected chi connectivity index (χ2v) is 7.71. The second kappa shape index (κ2) is 14.2. The molecule has 0 amide bonds. The van der Waals surface area contributed by atoms with E-state index in [2.05, 4.69) is 87.2 Å². The van der Waals surface area contributed by atoms with Crippen molar-refractivity contribution < 1.29 is 0 Å². The average Bonchev–Trinajstić information content (AvgIpc) is 3.19. The lowest BCUT2D eigenvalue weighted by Gasteiger charge is -2.36. The summed E-state index contributed by atoms with van der Waals surface area (Å²) in [6, 6.07) is 10.5. The highest BCUT2D eigenvalue weighted by Gasteiger charge is 2.18. The highest BCUT2D eigenvalue weighted by atomic mass is 127. The van der Waals surface area contributed by atoms with E-state index in [1.54, 1.807) is 0 Å². The molecule has 0 atom stereocenters. The topological polar surface area (TPSA) is 48.7 Å². The third kappa shape index (κ3) is 8.65. The van der Waals surface area contributed by atoms with E-state index in [4.69, 9.17) is 4.99 Å². The number of guanidine groups is 1. The summed E-state index contributed by atoms with van der Waals surface area (Å²) in [5.74, 6) is 2.15. The van der Waals surface area contributed by atoms with Crippen LogP contribution >= 0.6 is 24.0 Å². The van der Waals surface area contributed by atoms with E-state index in [9.17, 15) is 0 Å². The molecule has 2 aromatic rings. The number of unbranched alkanes of at least 4 members (excludes halogenated alkanes) is 1. The maximum Gasteiger partial charge on any atom is 0.194 e. The molecule has 0 unspecified atom stereocenters. The Morgan fingerprint density at radius 3 is 2.58 bits per heavy atom. The molecule has 1 aromatic carbocycles. The number of nitrogens with one attached hydrogen (secondary N) is 1. The summed E-state index contributed by atoms with van der Waals surface area (Å²) in [6.45, 7) is 12.2. The summed E-state index contributed by atoms with van der Waals surface area (Å²) in [4.78, 5) is 14.1. The lowest BCUT2D eigenvalue weighted by Crippen LogP contribution is -2.52. The predicted octanol–water partition coefficient (Wildman–Crippen LogP) is 3.89. The third-order valence-electron chi connectivity index (χ3n) is 5.47. The highest BCUT2D eigenvalue weighted by molar-refractivity contribution is 14.0. The van der Waals surface area contributed by atoms with E-state index in [0.717, 1.165) is 77.0 Å². The minimum absolute atomic E-state index is 0. The van der Waals surface area contributed by atoms with E-state index in [-0.39, 0.29) is 24.0 Å². The molecule has 170 valence electrons. The Bertz CT molecular complexity index is 793. The van der Waals surface area contributed by atoms with Gasteiger partial charge >= 0.3 is 0 Å². The lowest BCUT2D eigenvalue weighted by atomic mass is 10.2. The normalized spacial score (nSPS) is 15.3. The molecule has 1 saturated heterocycles. The highest BCUT2D eigenvalue weighted by Crippen LogP contribution is 2.06. The van der Waals surface area contributed by atoms with E-state index < -0.39 is 0 Å². The van der Waals surface area contributed by atoms with E-state index in [1.165, 1.54) is 5.56 Å². The first-order chi connectivity index (χ1) is 14.8. The van der Waals surface area contributed by atoms with Crippen LogP contribution in [-0.4, -0.2) is 71.1 Å². The minimum Gasteiger partial charge on any atom is -0.357 e. The first kappa shape index (κ1) is 25.4. The van der Waals surface area contributed by atoms with Crippen LogP contribution in [0.2, 0.25) is 0 Å². The van der Waals surface area contributed by atoms with E-state index in [1.807, 2.05) is 6.20 Å². The minimum atomic E-state index is 0. The molecule has 1 fully saturated rings. The number of halogens is 1. The van der Waals surface area contributed by atoms with Crippen LogP contribution in [0.15, 0.2) is 53.8 Å². The molecule has 0 aliphatic carbocycles. The maximum atomic E-state index is 4.88. The molecule has 1 aliphatic rings. The summed E-state index contributed by atoms with van der Waals surface area (Å²) >= 11 is 0. The molecular formula is C24H37IN6. The third-order valence-corrected chi connectivity index (χ3v) is 5.47. The van der Waals surface area contributed by atoms with Crippen LogP contribution in [0, 0.1) is 6.92 Å². The number of piperazine rings is 1. The van der Waals surface area contributed by atoms with Crippen molar-refractivity contribution in [3.8, 4) is 0 Å². The molecule has 1 N–H and O–H groups in total. The molecule has 3 rings (SSSR count). The van der Waals surface area contributed by atoms with Crippen molar-refractivity contribution in [2.75, 3.05) is 45.8 Å². The maximum absolute atomic E-state index is 4.88. The molecule has 1 aliphatic heterocycles. The Balaban J connectivity index is 0.00000341. The van der Waals surface area contributed by atoms with Crippen molar-refractivity contribution in [2.24, 2.45) is 4.99 Å². The van der Waals surface area contributed by atoms with Gasteiger partial charge in [-0.25, -0.2) is 4.98 Å². The summed E-state index contributed by atoms with van der Waals surface area (Å²) in [7, 11) is 0. The number of nitrogens with zero attached hydrogens (tertiary/aromatic N) is 5. The van der Waals surface area contributed by atoms with Gasteiger partial charge in [-0.2, -0.15) is 0 Å². The Kier molecular flexibility index (Phi) is 11.7. The van der Waals surface area contributed by atoms with Gasteiger partial charge in [0.05, 0.1) is 0 Å². The van der Waals surface area contributed by atoms with Gasteiger partial charge in [-0.1, -0.05) is 42.5 Å². The van der Waals surface area contributed by atoms with Gasteiger partial charge in [0, 0.05) is 64.8 Å². The fraction of sp³-hybridized carbons (Fsp3) is 0.500. The molecule has 0 bridgehead atoms. The first-order valence-electron chi connectivity index (χ1n) is 11.2. The monoisotopic (exact) mass is 536 g/mol. The van der Waals surface area contributed by atoms with Gasteiger partial charge in [0.25, 0.3) is 0 Å². The van der Waals surface area contributed by atoms with Crippen molar-refractivity contribution >= 4 is 36.0 Å². The Hall–Kier alpha value is -1.87. The summed E-state index contributed by atoms with van der Waals surface area (Å²) < 4.78 is 2.21. The largest absolute Gasteiger partial charge is 0.357 e. The zero-order valence-corrected chi connectivity index (χ0v) is 21.2. The molecule has 0 spiro atoms. The molecule has 31 heavy (non-hydrogen) atoms. The summed E-state index contributed by atoms with van der Waals surface area (Å²) in [6.07, 6.45) is 10.6. The zero-order chi connectivity index (χ0) is 21.0. The van der Waals surface area contributed by atoms with Crippen LogP contribution in [0.25, 0.3) is 6.08 Å².